The molecule has 7 nitrogen and oxygen atoms in total. The van der Waals surface area contributed by atoms with Crippen LogP contribution in [0.3, 0.4) is 0 Å². The minimum absolute atomic E-state index is 0.0653. The van der Waals surface area contributed by atoms with Crippen molar-refractivity contribution in [1.29, 1.82) is 0 Å². The molecule has 0 radical (unpaired) electrons. The zero-order valence-electron chi connectivity index (χ0n) is 13.5. The maximum Gasteiger partial charge on any atom is 0.337 e. The molecule has 8 heteroatoms. The lowest BCUT2D eigenvalue weighted by atomic mass is 10.1. The van der Waals surface area contributed by atoms with Crippen molar-refractivity contribution in [3.05, 3.63) is 23.8 Å². The molecule has 1 aliphatic heterocycles. The Morgan fingerprint density at radius 1 is 1.26 bits per heavy atom. The van der Waals surface area contributed by atoms with Gasteiger partial charge in [0.25, 0.3) is 0 Å². The summed E-state index contributed by atoms with van der Waals surface area (Å²) in [5, 5.41) is 3.17. The maximum atomic E-state index is 12.8. The van der Waals surface area contributed by atoms with Gasteiger partial charge < -0.3 is 14.8 Å². The second-order valence-corrected chi connectivity index (χ2v) is 7.23. The summed E-state index contributed by atoms with van der Waals surface area (Å²) in [6, 6.07) is 4.55. The van der Waals surface area contributed by atoms with Gasteiger partial charge in [-0.1, -0.05) is 0 Å². The van der Waals surface area contributed by atoms with Crippen LogP contribution in [0.25, 0.3) is 0 Å². The Labute approximate surface area is 136 Å². The van der Waals surface area contributed by atoms with Gasteiger partial charge >= 0.3 is 5.97 Å². The van der Waals surface area contributed by atoms with Gasteiger partial charge in [0.2, 0.25) is 10.0 Å². The van der Waals surface area contributed by atoms with E-state index in [0.29, 0.717) is 19.1 Å². The van der Waals surface area contributed by atoms with E-state index in [1.165, 1.54) is 36.7 Å². The van der Waals surface area contributed by atoms with Crippen molar-refractivity contribution in [2.24, 2.45) is 0 Å². The number of hydrogen-bond acceptors (Lipinski definition) is 6. The summed E-state index contributed by atoms with van der Waals surface area (Å²) in [7, 11) is 0.868. The van der Waals surface area contributed by atoms with Crippen LogP contribution in [0, 0.1) is 0 Å². The topological polar surface area (TPSA) is 84.9 Å². The Bertz CT molecular complexity index is 666. The number of esters is 1. The number of sulfonamides is 1. The first kappa shape index (κ1) is 17.7. The van der Waals surface area contributed by atoms with Crippen LogP contribution in [0.15, 0.2) is 23.1 Å². The molecular formula is C15H22N2O5S. The van der Waals surface area contributed by atoms with Crippen molar-refractivity contribution in [1.82, 2.24) is 9.62 Å². The summed E-state index contributed by atoms with van der Waals surface area (Å²) < 4.78 is 36.9. The molecule has 0 atom stereocenters. The predicted molar refractivity (Wildman–Crippen MR) is 85.2 cm³/mol. The molecule has 0 aliphatic carbocycles. The van der Waals surface area contributed by atoms with Crippen LogP contribution in [-0.4, -0.2) is 59.1 Å². The summed E-state index contributed by atoms with van der Waals surface area (Å²) >= 11 is 0. The number of nitrogens with one attached hydrogen (secondary N) is 1. The normalized spacial score (nSPS) is 17.0. The highest BCUT2D eigenvalue weighted by atomic mass is 32.2. The fraction of sp³-hybridized carbons (Fsp3) is 0.533. The molecule has 0 bridgehead atoms. The van der Waals surface area contributed by atoms with Crippen LogP contribution >= 0.6 is 0 Å². The summed E-state index contributed by atoms with van der Waals surface area (Å²) in [6.45, 7) is 0.908. The van der Waals surface area contributed by atoms with Gasteiger partial charge in [-0.2, -0.15) is 4.31 Å². The molecule has 1 aliphatic rings. The van der Waals surface area contributed by atoms with E-state index in [-0.39, 0.29) is 16.2 Å². The van der Waals surface area contributed by atoms with Gasteiger partial charge in [0.1, 0.15) is 10.6 Å². The average molecular weight is 342 g/mol. The van der Waals surface area contributed by atoms with Crippen molar-refractivity contribution in [2.45, 2.75) is 23.8 Å². The quantitative estimate of drug-likeness (QED) is 0.799. The number of methoxy groups -OCH3 is 2. The van der Waals surface area contributed by atoms with E-state index in [1.807, 2.05) is 7.05 Å². The molecule has 0 amide bonds. The summed E-state index contributed by atoms with van der Waals surface area (Å²) in [5.74, 6) is -0.397. The lowest BCUT2D eigenvalue weighted by Gasteiger charge is -2.31. The number of benzene rings is 1. The molecule has 1 aromatic rings. The van der Waals surface area contributed by atoms with Gasteiger partial charge in [-0.05, 0) is 38.1 Å². The van der Waals surface area contributed by atoms with E-state index in [4.69, 9.17) is 4.74 Å². The average Bonchev–Trinajstić information content (AvgIpc) is 2.60. The first-order valence-electron chi connectivity index (χ1n) is 7.37. The molecule has 1 heterocycles. The minimum Gasteiger partial charge on any atom is -0.495 e. The molecule has 1 aromatic carbocycles. The molecule has 23 heavy (non-hydrogen) atoms. The highest BCUT2D eigenvalue weighted by molar-refractivity contribution is 7.89. The van der Waals surface area contributed by atoms with E-state index in [1.54, 1.807) is 0 Å². The third-order valence-electron chi connectivity index (χ3n) is 4.06. The van der Waals surface area contributed by atoms with Crippen molar-refractivity contribution in [2.75, 3.05) is 34.4 Å². The Hall–Kier alpha value is -1.64. The number of carbonyl (C=O) groups is 1. The molecule has 0 saturated carbocycles. The van der Waals surface area contributed by atoms with E-state index in [0.717, 1.165) is 12.8 Å². The van der Waals surface area contributed by atoms with Crippen LogP contribution in [0.5, 0.6) is 5.75 Å². The number of piperidine rings is 1. The third kappa shape index (κ3) is 3.65. The number of ether oxygens (including phenoxy) is 2. The Kier molecular flexibility index (Phi) is 5.61. The smallest absolute Gasteiger partial charge is 0.337 e. The first-order valence-corrected chi connectivity index (χ1v) is 8.81. The van der Waals surface area contributed by atoms with Crippen molar-refractivity contribution >= 4 is 16.0 Å². The Balaban J connectivity index is 2.31. The van der Waals surface area contributed by atoms with Crippen LogP contribution in [0.2, 0.25) is 0 Å². The van der Waals surface area contributed by atoms with E-state index < -0.39 is 16.0 Å². The standard InChI is InChI=1S/C15H22N2O5S/c1-16-12-6-8-17(9-7-12)23(19,20)14-5-4-11(15(18)22-3)10-13(14)21-2/h4-5,10,12,16H,6-9H2,1-3H3. The molecule has 1 fully saturated rings. The number of hydrogen-bond donors (Lipinski definition) is 1. The molecule has 1 N–H and O–H groups in total. The molecule has 128 valence electrons. The number of nitrogens with zero attached hydrogens (tertiary/aromatic N) is 1. The van der Waals surface area contributed by atoms with E-state index in [9.17, 15) is 13.2 Å². The van der Waals surface area contributed by atoms with Crippen LogP contribution in [0.4, 0.5) is 0 Å². The van der Waals surface area contributed by atoms with E-state index in [2.05, 4.69) is 10.1 Å². The fourth-order valence-electron chi connectivity index (χ4n) is 2.65. The molecular weight excluding hydrogens is 320 g/mol. The van der Waals surface area contributed by atoms with Gasteiger partial charge in [0.15, 0.2) is 0 Å². The van der Waals surface area contributed by atoms with E-state index >= 15 is 0 Å². The fourth-order valence-corrected chi connectivity index (χ4v) is 4.26. The second-order valence-electron chi connectivity index (χ2n) is 5.32. The summed E-state index contributed by atoms with van der Waals surface area (Å²) in [6.07, 6.45) is 1.52. The lowest BCUT2D eigenvalue weighted by Crippen LogP contribution is -2.43. The lowest BCUT2D eigenvalue weighted by molar-refractivity contribution is 0.0600. The molecule has 1 saturated heterocycles. The van der Waals surface area contributed by atoms with Crippen LogP contribution in [-0.2, 0) is 14.8 Å². The summed E-state index contributed by atoms with van der Waals surface area (Å²) in [5.41, 5.74) is 0.247. The van der Waals surface area contributed by atoms with Gasteiger partial charge in [0, 0.05) is 19.1 Å². The zero-order chi connectivity index (χ0) is 17.0. The molecule has 0 aromatic heterocycles. The Morgan fingerprint density at radius 3 is 2.43 bits per heavy atom. The molecule has 0 unspecified atom stereocenters. The predicted octanol–water partition coefficient (Wildman–Crippen LogP) is 0.854. The van der Waals surface area contributed by atoms with Crippen molar-refractivity contribution < 1.29 is 22.7 Å². The van der Waals surface area contributed by atoms with Crippen LogP contribution < -0.4 is 10.1 Å². The van der Waals surface area contributed by atoms with Crippen LogP contribution in [0.1, 0.15) is 23.2 Å². The molecule has 0 spiro atoms. The number of rotatable bonds is 5. The minimum atomic E-state index is -3.66. The summed E-state index contributed by atoms with van der Waals surface area (Å²) in [4.78, 5) is 11.6. The maximum absolute atomic E-state index is 12.8. The third-order valence-corrected chi connectivity index (χ3v) is 6.00. The highest BCUT2D eigenvalue weighted by Gasteiger charge is 2.31. The highest BCUT2D eigenvalue weighted by Crippen LogP contribution is 2.29. The first-order chi connectivity index (χ1) is 10.9. The Morgan fingerprint density at radius 2 is 1.91 bits per heavy atom. The van der Waals surface area contributed by atoms with Gasteiger partial charge in [-0.25, -0.2) is 13.2 Å². The van der Waals surface area contributed by atoms with Gasteiger partial charge in [0.05, 0.1) is 19.8 Å². The molecule has 2 rings (SSSR count). The monoisotopic (exact) mass is 342 g/mol. The van der Waals surface area contributed by atoms with Gasteiger partial charge in [-0.3, -0.25) is 0 Å². The SMILES string of the molecule is CNC1CCN(S(=O)(=O)c2ccc(C(=O)OC)cc2OC)CC1. The second kappa shape index (κ2) is 7.29. The van der Waals surface area contributed by atoms with Crippen molar-refractivity contribution in [3.63, 3.8) is 0 Å². The zero-order valence-corrected chi connectivity index (χ0v) is 14.4. The number of carbonyl (C=O) groups excluding carboxylic acids is 1. The van der Waals surface area contributed by atoms with Gasteiger partial charge in [-0.15, -0.1) is 0 Å². The van der Waals surface area contributed by atoms with Crippen molar-refractivity contribution in [3.8, 4) is 5.75 Å². The largest absolute Gasteiger partial charge is 0.495 e.